The predicted octanol–water partition coefficient (Wildman–Crippen LogP) is 3.65. The van der Waals surface area contributed by atoms with Crippen LogP contribution in [0.3, 0.4) is 0 Å². The molecule has 0 aromatic heterocycles. The Bertz CT molecular complexity index is 646. The summed E-state index contributed by atoms with van der Waals surface area (Å²) in [6, 6.07) is 14.0. The van der Waals surface area contributed by atoms with Gasteiger partial charge in [-0.15, -0.1) is 0 Å². The van der Waals surface area contributed by atoms with Gasteiger partial charge in [0.1, 0.15) is 5.82 Å². The molecule has 102 valence electrons. The third kappa shape index (κ3) is 3.07. The minimum Gasteiger partial charge on any atom is -0.398 e. The fourth-order valence-electron chi connectivity index (χ4n) is 2.09. The molecule has 1 unspecified atom stereocenters. The van der Waals surface area contributed by atoms with Gasteiger partial charge >= 0.3 is 0 Å². The molecular formula is C16H16FN3. The zero-order valence-electron chi connectivity index (χ0n) is 11.2. The molecule has 0 saturated heterocycles. The second kappa shape index (κ2) is 6.07. The van der Waals surface area contributed by atoms with Crippen LogP contribution in [0.5, 0.6) is 0 Å². The summed E-state index contributed by atoms with van der Waals surface area (Å²) in [5.41, 5.74) is 8.59. The topological polar surface area (TPSA) is 61.8 Å². The number of nitriles is 1. The molecule has 0 radical (unpaired) electrons. The molecule has 2 aromatic carbocycles. The monoisotopic (exact) mass is 269 g/mol. The van der Waals surface area contributed by atoms with Gasteiger partial charge in [0, 0.05) is 16.9 Å². The van der Waals surface area contributed by atoms with Crippen LogP contribution in [0.2, 0.25) is 0 Å². The maximum atomic E-state index is 13.7. The highest BCUT2D eigenvalue weighted by molar-refractivity contribution is 5.58. The van der Waals surface area contributed by atoms with Crippen molar-refractivity contribution in [2.45, 2.75) is 19.4 Å². The summed E-state index contributed by atoms with van der Waals surface area (Å²) in [5.74, 6) is -0.236. The molecular weight excluding hydrogens is 253 g/mol. The van der Waals surface area contributed by atoms with Gasteiger partial charge in [0.15, 0.2) is 0 Å². The lowest BCUT2D eigenvalue weighted by atomic mass is 10.1. The Morgan fingerprint density at radius 2 is 2.05 bits per heavy atom. The quantitative estimate of drug-likeness (QED) is 0.833. The summed E-state index contributed by atoms with van der Waals surface area (Å²) in [4.78, 5) is 0. The highest BCUT2D eigenvalue weighted by Crippen LogP contribution is 2.24. The first-order chi connectivity index (χ1) is 9.61. The van der Waals surface area contributed by atoms with Gasteiger partial charge < -0.3 is 11.1 Å². The van der Waals surface area contributed by atoms with Crippen molar-refractivity contribution in [2.75, 3.05) is 11.1 Å². The van der Waals surface area contributed by atoms with Gasteiger partial charge in [-0.2, -0.15) is 5.26 Å². The summed E-state index contributed by atoms with van der Waals surface area (Å²) in [6.07, 6.45) is 0.259. The molecule has 0 aliphatic rings. The average Bonchev–Trinajstić information content (AvgIpc) is 2.43. The van der Waals surface area contributed by atoms with Crippen molar-refractivity contribution in [3.8, 4) is 6.07 Å². The average molecular weight is 269 g/mol. The van der Waals surface area contributed by atoms with Crippen molar-refractivity contribution in [1.29, 1.82) is 5.26 Å². The highest BCUT2D eigenvalue weighted by Gasteiger charge is 2.10. The van der Waals surface area contributed by atoms with Gasteiger partial charge in [-0.25, -0.2) is 4.39 Å². The second-order valence-corrected chi connectivity index (χ2v) is 4.64. The van der Waals surface area contributed by atoms with E-state index in [0.29, 0.717) is 11.3 Å². The van der Waals surface area contributed by atoms with E-state index >= 15 is 0 Å². The third-order valence-corrected chi connectivity index (χ3v) is 3.17. The minimum atomic E-state index is -0.236. The number of nitrogens with zero attached hydrogens (tertiary/aromatic N) is 1. The molecule has 3 nitrogen and oxygen atoms in total. The van der Waals surface area contributed by atoms with Crippen LogP contribution >= 0.6 is 0 Å². The fraction of sp³-hybridized carbons (Fsp3) is 0.188. The molecule has 0 fully saturated rings. The van der Waals surface area contributed by atoms with Crippen LogP contribution in [0, 0.1) is 17.1 Å². The molecule has 4 heteroatoms. The van der Waals surface area contributed by atoms with Crippen molar-refractivity contribution in [3.63, 3.8) is 0 Å². The van der Waals surface area contributed by atoms with Crippen molar-refractivity contribution >= 4 is 11.4 Å². The van der Waals surface area contributed by atoms with E-state index in [2.05, 4.69) is 11.4 Å². The number of nitrogen functional groups attached to an aromatic ring is 1. The van der Waals surface area contributed by atoms with Crippen LogP contribution in [0.25, 0.3) is 0 Å². The number of nitrogens with one attached hydrogen (secondary N) is 1. The van der Waals surface area contributed by atoms with E-state index in [-0.39, 0.29) is 18.3 Å². The number of hydrogen-bond acceptors (Lipinski definition) is 3. The molecule has 3 N–H and O–H groups in total. The van der Waals surface area contributed by atoms with Gasteiger partial charge in [-0.05, 0) is 36.8 Å². The molecule has 1 atom stereocenters. The van der Waals surface area contributed by atoms with Crippen LogP contribution in [-0.4, -0.2) is 0 Å². The van der Waals surface area contributed by atoms with E-state index in [1.165, 1.54) is 6.07 Å². The second-order valence-electron chi connectivity index (χ2n) is 4.64. The van der Waals surface area contributed by atoms with Crippen LogP contribution in [0.1, 0.15) is 24.1 Å². The van der Waals surface area contributed by atoms with Gasteiger partial charge in [0.25, 0.3) is 0 Å². The Labute approximate surface area is 117 Å². The molecule has 0 bridgehead atoms. The zero-order valence-corrected chi connectivity index (χ0v) is 11.2. The lowest BCUT2D eigenvalue weighted by molar-refractivity contribution is 0.600. The van der Waals surface area contributed by atoms with Crippen LogP contribution in [0.4, 0.5) is 15.8 Å². The van der Waals surface area contributed by atoms with Gasteiger partial charge in [0.2, 0.25) is 0 Å². The smallest absolute Gasteiger partial charge is 0.128 e. The predicted molar refractivity (Wildman–Crippen MR) is 78.6 cm³/mol. The maximum absolute atomic E-state index is 13.7. The van der Waals surface area contributed by atoms with E-state index in [1.807, 2.05) is 19.1 Å². The summed E-state index contributed by atoms with van der Waals surface area (Å²) >= 11 is 0. The van der Waals surface area contributed by atoms with E-state index in [0.717, 1.165) is 11.3 Å². The first kappa shape index (κ1) is 13.9. The van der Waals surface area contributed by atoms with E-state index in [4.69, 9.17) is 11.0 Å². The van der Waals surface area contributed by atoms with Crippen molar-refractivity contribution in [2.24, 2.45) is 0 Å². The maximum Gasteiger partial charge on any atom is 0.128 e. The number of anilines is 2. The van der Waals surface area contributed by atoms with Gasteiger partial charge in [-0.3, -0.25) is 0 Å². The lowest BCUT2D eigenvalue weighted by Gasteiger charge is -2.17. The first-order valence-electron chi connectivity index (χ1n) is 6.38. The fourth-order valence-corrected chi connectivity index (χ4v) is 2.09. The van der Waals surface area contributed by atoms with Crippen molar-refractivity contribution in [1.82, 2.24) is 0 Å². The van der Waals surface area contributed by atoms with Crippen LogP contribution < -0.4 is 11.1 Å². The number of nitrogens with two attached hydrogens (primary N) is 1. The first-order valence-corrected chi connectivity index (χ1v) is 6.38. The van der Waals surface area contributed by atoms with E-state index in [9.17, 15) is 4.39 Å². The van der Waals surface area contributed by atoms with Gasteiger partial charge in [-0.1, -0.05) is 18.2 Å². The summed E-state index contributed by atoms with van der Waals surface area (Å²) < 4.78 is 13.7. The molecule has 0 saturated carbocycles. The molecule has 0 heterocycles. The largest absolute Gasteiger partial charge is 0.398 e. The number of benzene rings is 2. The SMILES string of the molecule is CC(Nc1ccc(N)c(CC#N)c1)c1ccccc1F. The van der Waals surface area contributed by atoms with Crippen LogP contribution in [0.15, 0.2) is 42.5 Å². The highest BCUT2D eigenvalue weighted by atomic mass is 19.1. The van der Waals surface area contributed by atoms with Crippen LogP contribution in [-0.2, 0) is 6.42 Å². The van der Waals surface area contributed by atoms with Crippen molar-refractivity contribution in [3.05, 3.63) is 59.4 Å². The number of hydrogen-bond donors (Lipinski definition) is 2. The summed E-state index contributed by atoms with van der Waals surface area (Å²) in [5, 5.41) is 12.0. The summed E-state index contributed by atoms with van der Waals surface area (Å²) in [6.45, 7) is 1.89. The summed E-state index contributed by atoms with van der Waals surface area (Å²) in [7, 11) is 0. The van der Waals surface area contributed by atoms with E-state index < -0.39 is 0 Å². The normalized spacial score (nSPS) is 11.7. The molecule has 0 spiro atoms. The molecule has 20 heavy (non-hydrogen) atoms. The number of rotatable bonds is 4. The third-order valence-electron chi connectivity index (χ3n) is 3.17. The Balaban J connectivity index is 2.20. The molecule has 2 aromatic rings. The van der Waals surface area contributed by atoms with E-state index in [1.54, 1.807) is 24.3 Å². The Hall–Kier alpha value is -2.54. The van der Waals surface area contributed by atoms with Gasteiger partial charge in [0.05, 0.1) is 18.5 Å². The lowest BCUT2D eigenvalue weighted by Crippen LogP contribution is -2.09. The minimum absolute atomic E-state index is 0.172. The zero-order chi connectivity index (χ0) is 14.5. The van der Waals surface area contributed by atoms with Crippen molar-refractivity contribution < 1.29 is 4.39 Å². The molecule has 0 aliphatic heterocycles. The molecule has 0 amide bonds. The standard InChI is InChI=1S/C16H16FN3/c1-11(14-4-2-3-5-15(14)17)20-13-6-7-16(19)12(10-13)8-9-18/h2-7,10-11,20H,8,19H2,1H3. The molecule has 0 aliphatic carbocycles. The number of halogens is 1. The molecule has 2 rings (SSSR count). The Morgan fingerprint density at radius 1 is 1.30 bits per heavy atom. The Morgan fingerprint density at radius 3 is 2.75 bits per heavy atom. The Kier molecular flexibility index (Phi) is 4.21.